The molecule has 2 unspecified atom stereocenters. The number of nitrogens with zero attached hydrogens (tertiary/aromatic N) is 2. The van der Waals surface area contributed by atoms with Crippen LogP contribution in [0.5, 0.6) is 0 Å². The first-order valence-electron chi connectivity index (χ1n) is 12.3. The fraction of sp³-hybridized carbons (Fsp3) is 0.481. The monoisotopic (exact) mass is 569 g/mol. The molecule has 2 atom stereocenters. The van der Waals surface area contributed by atoms with Crippen LogP contribution in [0.4, 0.5) is 0 Å². The van der Waals surface area contributed by atoms with Crippen LogP contribution in [0, 0.1) is 5.92 Å². The summed E-state index contributed by atoms with van der Waals surface area (Å²) in [6.45, 7) is 5.10. The molecule has 2 aliphatic rings. The number of halogens is 4. The van der Waals surface area contributed by atoms with Crippen molar-refractivity contribution in [3.05, 3.63) is 67.6 Å². The van der Waals surface area contributed by atoms with Gasteiger partial charge in [0.25, 0.3) is 0 Å². The molecule has 2 fully saturated rings. The fourth-order valence-electron chi connectivity index (χ4n) is 5.58. The minimum atomic E-state index is -1.01. The summed E-state index contributed by atoms with van der Waals surface area (Å²) in [6.07, 6.45) is 4.02. The van der Waals surface area contributed by atoms with E-state index in [2.05, 4.69) is 4.90 Å². The van der Waals surface area contributed by atoms with E-state index in [9.17, 15) is 9.59 Å². The second-order valence-electron chi connectivity index (χ2n) is 10.1. The second kappa shape index (κ2) is 11.5. The van der Waals surface area contributed by atoms with E-state index in [1.54, 1.807) is 18.2 Å². The van der Waals surface area contributed by atoms with Crippen LogP contribution in [0.3, 0.4) is 0 Å². The molecule has 2 aliphatic heterocycles. The normalized spacial score (nSPS) is 19.9. The largest absolute Gasteiger partial charge is 0.369 e. The van der Waals surface area contributed by atoms with Gasteiger partial charge in [-0.15, -0.1) is 0 Å². The number of rotatable bonds is 8. The van der Waals surface area contributed by atoms with E-state index in [4.69, 9.17) is 52.1 Å². The number of hydrogen-bond donors (Lipinski definition) is 1. The summed E-state index contributed by atoms with van der Waals surface area (Å²) in [5.41, 5.74) is 6.79. The van der Waals surface area contributed by atoms with Gasteiger partial charge in [-0.2, -0.15) is 0 Å². The van der Waals surface area contributed by atoms with Crippen molar-refractivity contribution in [3.63, 3.8) is 0 Å². The Labute approximate surface area is 232 Å². The highest BCUT2D eigenvalue weighted by Crippen LogP contribution is 2.39. The van der Waals surface area contributed by atoms with E-state index in [0.29, 0.717) is 45.5 Å². The third-order valence-corrected chi connectivity index (χ3v) is 9.38. The number of piperidine rings is 1. The number of carbonyl (C=O) groups is 2. The minimum Gasteiger partial charge on any atom is -0.369 e. The van der Waals surface area contributed by atoms with Gasteiger partial charge in [0.1, 0.15) is 0 Å². The highest BCUT2D eigenvalue weighted by Gasteiger charge is 2.43. The summed E-state index contributed by atoms with van der Waals surface area (Å²) in [5, 5.41) is 1.76. The molecule has 0 aromatic heterocycles. The van der Waals surface area contributed by atoms with Crippen LogP contribution >= 0.6 is 46.4 Å². The third-order valence-electron chi connectivity index (χ3n) is 7.90. The Morgan fingerprint density at radius 1 is 1.00 bits per heavy atom. The maximum atomic E-state index is 13.1. The van der Waals surface area contributed by atoms with Gasteiger partial charge in [-0.3, -0.25) is 9.59 Å². The lowest BCUT2D eigenvalue weighted by Gasteiger charge is -2.42. The summed E-state index contributed by atoms with van der Waals surface area (Å²) in [5.74, 6) is -0.329. The Kier molecular flexibility index (Phi) is 8.79. The van der Waals surface area contributed by atoms with Gasteiger partial charge >= 0.3 is 0 Å². The number of nitrogens with two attached hydrogens (primary N) is 1. The SMILES string of the molecule is CC(C(N)=O)(c1ccc(Cl)c(Cl)c1)C(Cc1ccc(Cl)c(Cl)c1)CN1CCC(N2CCCC2=O)CC1. The van der Waals surface area contributed by atoms with Gasteiger partial charge in [0.15, 0.2) is 0 Å². The number of likely N-dealkylation sites (tertiary alicyclic amines) is 2. The van der Waals surface area contributed by atoms with Crippen molar-refractivity contribution >= 4 is 58.2 Å². The molecule has 2 aromatic carbocycles. The van der Waals surface area contributed by atoms with Gasteiger partial charge < -0.3 is 15.5 Å². The zero-order chi connectivity index (χ0) is 26.0. The molecule has 0 bridgehead atoms. The van der Waals surface area contributed by atoms with E-state index >= 15 is 0 Å². The van der Waals surface area contributed by atoms with Gasteiger partial charge in [-0.05, 0) is 73.9 Å². The Hall–Kier alpha value is -1.50. The van der Waals surface area contributed by atoms with Crippen molar-refractivity contribution in [3.8, 4) is 0 Å². The predicted molar refractivity (Wildman–Crippen MR) is 147 cm³/mol. The molecule has 194 valence electrons. The standard InChI is InChI=1S/C27H31Cl4N3O2/c1-27(26(32)36,18-5-7-22(29)24(31)15-18)19(13-17-4-6-21(28)23(30)14-17)16-33-11-8-20(9-12-33)34-10-2-3-25(34)35/h4-7,14-15,19-20H,2-3,8-13,16H2,1H3,(H2,32,36). The quantitative estimate of drug-likeness (QED) is 0.424. The summed E-state index contributed by atoms with van der Waals surface area (Å²) >= 11 is 25.0. The van der Waals surface area contributed by atoms with Crippen molar-refractivity contribution < 1.29 is 9.59 Å². The van der Waals surface area contributed by atoms with E-state index in [1.807, 2.05) is 30.0 Å². The van der Waals surface area contributed by atoms with Crippen LogP contribution in [0.2, 0.25) is 20.1 Å². The molecule has 0 radical (unpaired) electrons. The number of amides is 2. The summed E-state index contributed by atoms with van der Waals surface area (Å²) in [6, 6.07) is 11.1. The summed E-state index contributed by atoms with van der Waals surface area (Å²) in [4.78, 5) is 29.8. The predicted octanol–water partition coefficient (Wildman–Crippen LogP) is 5.99. The molecule has 2 heterocycles. The van der Waals surface area contributed by atoms with Crippen molar-refractivity contribution in [1.82, 2.24) is 9.80 Å². The van der Waals surface area contributed by atoms with Gasteiger partial charge in [0.05, 0.1) is 25.5 Å². The zero-order valence-corrected chi connectivity index (χ0v) is 23.3. The molecular weight excluding hydrogens is 540 g/mol. The first-order valence-corrected chi connectivity index (χ1v) is 13.8. The molecule has 36 heavy (non-hydrogen) atoms. The van der Waals surface area contributed by atoms with Crippen LogP contribution in [0.1, 0.15) is 43.7 Å². The number of primary amides is 1. The lowest BCUT2D eigenvalue weighted by molar-refractivity contribution is -0.131. The van der Waals surface area contributed by atoms with Crippen molar-refractivity contribution in [1.29, 1.82) is 0 Å². The average Bonchev–Trinajstić information content (AvgIpc) is 3.28. The number of hydrogen-bond acceptors (Lipinski definition) is 3. The first-order chi connectivity index (χ1) is 17.1. The molecule has 2 saturated heterocycles. The minimum absolute atomic E-state index is 0.172. The summed E-state index contributed by atoms with van der Waals surface area (Å²) < 4.78 is 0. The van der Waals surface area contributed by atoms with Crippen molar-refractivity contribution in [2.24, 2.45) is 11.7 Å². The van der Waals surface area contributed by atoms with Crippen LogP contribution in [-0.4, -0.2) is 53.8 Å². The van der Waals surface area contributed by atoms with Gasteiger partial charge in [0.2, 0.25) is 11.8 Å². The van der Waals surface area contributed by atoms with Crippen molar-refractivity contribution in [2.45, 2.75) is 50.5 Å². The number of benzene rings is 2. The third kappa shape index (κ3) is 5.81. The van der Waals surface area contributed by atoms with Crippen LogP contribution < -0.4 is 5.73 Å². The Morgan fingerprint density at radius 3 is 2.19 bits per heavy atom. The summed E-state index contributed by atoms with van der Waals surface area (Å²) in [7, 11) is 0. The molecule has 0 saturated carbocycles. The smallest absolute Gasteiger partial charge is 0.228 e. The lowest BCUT2D eigenvalue weighted by atomic mass is 9.68. The second-order valence-corrected chi connectivity index (χ2v) is 11.7. The maximum Gasteiger partial charge on any atom is 0.228 e. The van der Waals surface area contributed by atoms with E-state index in [-0.39, 0.29) is 11.8 Å². The Morgan fingerprint density at radius 2 is 1.64 bits per heavy atom. The molecule has 2 aromatic rings. The molecule has 0 aliphatic carbocycles. The molecular formula is C27H31Cl4N3O2. The number of carbonyl (C=O) groups excluding carboxylic acids is 2. The van der Waals surface area contributed by atoms with E-state index < -0.39 is 11.3 Å². The average molecular weight is 571 g/mol. The molecule has 2 amide bonds. The fourth-order valence-corrected chi connectivity index (χ4v) is 6.20. The first kappa shape index (κ1) is 27.5. The topological polar surface area (TPSA) is 66.6 Å². The zero-order valence-electron chi connectivity index (χ0n) is 20.3. The van der Waals surface area contributed by atoms with Crippen LogP contribution in [-0.2, 0) is 21.4 Å². The van der Waals surface area contributed by atoms with E-state index in [1.165, 1.54) is 0 Å². The molecule has 5 nitrogen and oxygen atoms in total. The van der Waals surface area contributed by atoms with E-state index in [0.717, 1.165) is 50.0 Å². The maximum absolute atomic E-state index is 13.1. The van der Waals surface area contributed by atoms with Gasteiger partial charge in [0, 0.05) is 38.6 Å². The molecule has 9 heteroatoms. The van der Waals surface area contributed by atoms with Crippen LogP contribution in [0.15, 0.2) is 36.4 Å². The highest BCUT2D eigenvalue weighted by molar-refractivity contribution is 6.42. The molecule has 4 rings (SSSR count). The van der Waals surface area contributed by atoms with Crippen LogP contribution in [0.25, 0.3) is 0 Å². The Balaban J connectivity index is 1.61. The highest BCUT2D eigenvalue weighted by atomic mass is 35.5. The van der Waals surface area contributed by atoms with Crippen molar-refractivity contribution in [2.75, 3.05) is 26.2 Å². The lowest BCUT2D eigenvalue weighted by Crippen LogP contribution is -2.52. The van der Waals surface area contributed by atoms with Gasteiger partial charge in [-0.1, -0.05) is 58.5 Å². The van der Waals surface area contributed by atoms with Gasteiger partial charge in [-0.25, -0.2) is 0 Å². The molecule has 0 spiro atoms. The molecule has 2 N–H and O–H groups in total. The Bertz CT molecular complexity index is 1140.